The van der Waals surface area contributed by atoms with Crippen LogP contribution < -0.4 is 0 Å². The third kappa shape index (κ3) is 0.908. The number of rotatable bonds is 0. The zero-order valence-corrected chi connectivity index (χ0v) is 8.33. The van der Waals surface area contributed by atoms with E-state index in [-0.39, 0.29) is 6.42 Å². The van der Waals surface area contributed by atoms with Crippen LogP contribution in [0.4, 0.5) is 13.2 Å². The second-order valence-electron chi connectivity index (χ2n) is 3.45. The molecular formula is C7H6ClF3O2S. The summed E-state index contributed by atoms with van der Waals surface area (Å²) in [6.07, 6.45) is -2.44. The summed E-state index contributed by atoms with van der Waals surface area (Å²) in [6, 6.07) is 0. The summed E-state index contributed by atoms with van der Waals surface area (Å²) in [6.45, 7) is 0. The molecule has 2 bridgehead atoms. The molecule has 2 nitrogen and oxygen atoms in total. The lowest BCUT2D eigenvalue weighted by Crippen LogP contribution is -2.50. The van der Waals surface area contributed by atoms with E-state index in [0.29, 0.717) is 0 Å². The van der Waals surface area contributed by atoms with Gasteiger partial charge in [-0.25, -0.2) is 8.42 Å². The maximum atomic E-state index is 12.6. The third-order valence-electron chi connectivity index (χ3n) is 2.72. The van der Waals surface area contributed by atoms with Gasteiger partial charge in [-0.1, -0.05) is 23.8 Å². The molecule has 2 rings (SSSR count). The van der Waals surface area contributed by atoms with Crippen LogP contribution in [0.25, 0.3) is 0 Å². The van der Waals surface area contributed by atoms with Crippen LogP contribution in [0.3, 0.4) is 0 Å². The van der Waals surface area contributed by atoms with E-state index in [2.05, 4.69) is 0 Å². The van der Waals surface area contributed by atoms with Crippen LogP contribution in [-0.2, 0) is 9.84 Å². The minimum absolute atomic E-state index is 0.0503. The van der Waals surface area contributed by atoms with E-state index in [1.165, 1.54) is 12.2 Å². The predicted octanol–water partition coefficient (Wildman–Crippen LogP) is 1.86. The Bertz CT molecular complexity index is 400. The molecule has 1 heterocycles. The summed E-state index contributed by atoms with van der Waals surface area (Å²) in [7, 11) is -4.33. The summed E-state index contributed by atoms with van der Waals surface area (Å²) in [5, 5.41) is -1.06. The monoisotopic (exact) mass is 246 g/mol. The van der Waals surface area contributed by atoms with Crippen molar-refractivity contribution in [2.45, 2.75) is 22.1 Å². The minimum Gasteiger partial charge on any atom is -0.226 e. The van der Waals surface area contributed by atoms with Crippen molar-refractivity contribution in [1.82, 2.24) is 0 Å². The maximum Gasteiger partial charge on any atom is 0.422 e. The smallest absolute Gasteiger partial charge is 0.226 e. The fraction of sp³-hybridized carbons (Fsp3) is 0.714. The summed E-state index contributed by atoms with van der Waals surface area (Å²) >= 11 is 5.27. The molecule has 80 valence electrons. The molecule has 0 spiro atoms. The summed E-state index contributed by atoms with van der Waals surface area (Å²) in [5.41, 5.74) is 0. The van der Waals surface area contributed by atoms with Gasteiger partial charge < -0.3 is 0 Å². The molecule has 0 aromatic rings. The van der Waals surface area contributed by atoms with Crippen molar-refractivity contribution in [2.75, 3.05) is 0 Å². The number of fused-ring (bicyclic) bond motifs is 2. The molecule has 3 unspecified atom stereocenters. The largest absolute Gasteiger partial charge is 0.422 e. The summed E-state index contributed by atoms with van der Waals surface area (Å²) < 4.78 is 57.4. The zero-order chi connectivity index (χ0) is 10.8. The molecule has 0 amide bonds. The highest BCUT2D eigenvalue weighted by molar-refractivity contribution is 7.95. The number of allylic oxidation sites excluding steroid dienone is 1. The van der Waals surface area contributed by atoms with E-state index in [4.69, 9.17) is 11.6 Å². The van der Waals surface area contributed by atoms with Crippen molar-refractivity contribution in [3.05, 3.63) is 12.2 Å². The van der Waals surface area contributed by atoms with Crippen LogP contribution in [0, 0.1) is 5.92 Å². The number of hydrogen-bond donors (Lipinski definition) is 0. The Kier molecular flexibility index (Phi) is 1.81. The first-order valence-corrected chi connectivity index (χ1v) is 5.81. The molecular weight excluding hydrogens is 241 g/mol. The van der Waals surface area contributed by atoms with Crippen molar-refractivity contribution in [3.8, 4) is 0 Å². The predicted molar refractivity (Wildman–Crippen MR) is 44.6 cm³/mol. The highest BCUT2D eigenvalue weighted by atomic mass is 35.5. The molecule has 3 atom stereocenters. The lowest BCUT2D eigenvalue weighted by atomic mass is 10.0. The van der Waals surface area contributed by atoms with Crippen LogP contribution in [0.1, 0.15) is 6.42 Å². The van der Waals surface area contributed by atoms with Gasteiger partial charge in [0.05, 0.1) is 5.25 Å². The average Bonchev–Trinajstić information content (AvgIpc) is 2.52. The molecule has 1 aliphatic heterocycles. The molecule has 0 N–H and O–H groups in total. The topological polar surface area (TPSA) is 34.1 Å². The molecule has 1 fully saturated rings. The first-order chi connectivity index (χ1) is 6.21. The second-order valence-corrected chi connectivity index (χ2v) is 6.61. The van der Waals surface area contributed by atoms with Crippen LogP contribution in [0.2, 0.25) is 0 Å². The Morgan fingerprint density at radius 2 is 1.93 bits per heavy atom. The van der Waals surface area contributed by atoms with Crippen molar-refractivity contribution in [1.29, 1.82) is 0 Å². The Labute approximate surface area is 83.7 Å². The lowest BCUT2D eigenvalue weighted by molar-refractivity contribution is -0.146. The van der Waals surface area contributed by atoms with Gasteiger partial charge in [0, 0.05) is 5.92 Å². The molecule has 0 aromatic carbocycles. The van der Waals surface area contributed by atoms with Gasteiger partial charge in [-0.2, -0.15) is 13.2 Å². The lowest BCUT2D eigenvalue weighted by Gasteiger charge is -2.30. The van der Waals surface area contributed by atoms with E-state index in [0.717, 1.165) is 0 Å². The number of halogens is 4. The zero-order valence-electron chi connectivity index (χ0n) is 6.75. The second kappa shape index (κ2) is 2.47. The van der Waals surface area contributed by atoms with Crippen molar-refractivity contribution < 1.29 is 21.6 Å². The quantitative estimate of drug-likeness (QED) is 0.483. The summed E-state index contributed by atoms with van der Waals surface area (Å²) in [5.74, 6) is -1.14. The van der Waals surface area contributed by atoms with Gasteiger partial charge in [-0.3, -0.25) is 0 Å². The van der Waals surface area contributed by atoms with Gasteiger partial charge in [-0.05, 0) is 6.42 Å². The minimum atomic E-state index is -4.92. The Balaban J connectivity index is 2.62. The third-order valence-corrected chi connectivity index (χ3v) is 6.37. The van der Waals surface area contributed by atoms with Crippen molar-refractivity contribution in [3.63, 3.8) is 0 Å². The molecule has 1 saturated heterocycles. The van der Waals surface area contributed by atoms with E-state index in [1.54, 1.807) is 0 Å². The van der Waals surface area contributed by atoms with Gasteiger partial charge in [0.2, 0.25) is 4.21 Å². The van der Waals surface area contributed by atoms with Crippen molar-refractivity contribution >= 4 is 21.4 Å². The average molecular weight is 247 g/mol. The first kappa shape index (κ1) is 10.3. The Morgan fingerprint density at radius 3 is 2.21 bits per heavy atom. The molecule has 14 heavy (non-hydrogen) atoms. The van der Waals surface area contributed by atoms with Gasteiger partial charge in [0.15, 0.2) is 9.84 Å². The van der Waals surface area contributed by atoms with Crippen LogP contribution >= 0.6 is 11.6 Å². The van der Waals surface area contributed by atoms with E-state index >= 15 is 0 Å². The SMILES string of the molecule is O=S1(=O)C2C=CC(C2)C1(Cl)C(F)(F)F. The molecule has 1 aliphatic carbocycles. The van der Waals surface area contributed by atoms with Crippen molar-refractivity contribution in [2.24, 2.45) is 5.92 Å². The number of hydrogen-bond acceptors (Lipinski definition) is 2. The van der Waals surface area contributed by atoms with E-state index in [1.807, 2.05) is 0 Å². The van der Waals surface area contributed by atoms with Gasteiger partial charge in [-0.15, -0.1) is 0 Å². The number of alkyl halides is 4. The normalized spacial score (nSPS) is 44.6. The fourth-order valence-corrected chi connectivity index (χ4v) is 4.60. The fourth-order valence-electron chi connectivity index (χ4n) is 1.97. The van der Waals surface area contributed by atoms with E-state index in [9.17, 15) is 21.6 Å². The highest BCUT2D eigenvalue weighted by Crippen LogP contribution is 2.57. The standard InChI is InChI=1S/C7H6ClF3O2S/c8-6(7(9,10)11)4-1-2-5(3-4)14(6,12)13/h1-2,4-5H,3H2. The molecule has 0 saturated carbocycles. The van der Waals surface area contributed by atoms with Crippen LogP contribution in [-0.4, -0.2) is 24.1 Å². The Hall–Kier alpha value is -0.230. The molecule has 0 radical (unpaired) electrons. The van der Waals surface area contributed by atoms with Crippen LogP contribution in [0.5, 0.6) is 0 Å². The maximum absolute atomic E-state index is 12.6. The first-order valence-electron chi connectivity index (χ1n) is 3.88. The Morgan fingerprint density at radius 1 is 1.36 bits per heavy atom. The van der Waals surface area contributed by atoms with Gasteiger partial charge in [0.1, 0.15) is 0 Å². The van der Waals surface area contributed by atoms with Crippen LogP contribution in [0.15, 0.2) is 12.2 Å². The molecule has 2 aliphatic rings. The summed E-state index contributed by atoms with van der Waals surface area (Å²) in [4.78, 5) is 0. The molecule has 7 heteroatoms. The molecule has 0 aromatic heterocycles. The van der Waals surface area contributed by atoms with Gasteiger partial charge in [0.25, 0.3) is 0 Å². The number of sulfone groups is 1. The van der Waals surface area contributed by atoms with E-state index < -0.39 is 31.4 Å². The van der Waals surface area contributed by atoms with Gasteiger partial charge >= 0.3 is 6.18 Å². The highest BCUT2D eigenvalue weighted by Gasteiger charge is 2.73.